The van der Waals surface area contributed by atoms with Crippen LogP contribution in [0.3, 0.4) is 0 Å². The third-order valence-electron chi connectivity index (χ3n) is 5.52. The molecule has 2 aliphatic heterocycles. The number of methoxy groups -OCH3 is 1. The van der Waals surface area contributed by atoms with Crippen molar-refractivity contribution in [3.63, 3.8) is 0 Å². The van der Waals surface area contributed by atoms with Crippen LogP contribution in [0.2, 0.25) is 0 Å². The van der Waals surface area contributed by atoms with Gasteiger partial charge in [0.15, 0.2) is 5.96 Å². The molecule has 5 nitrogen and oxygen atoms in total. The molecule has 2 fully saturated rings. The fourth-order valence-electron chi connectivity index (χ4n) is 3.96. The predicted octanol–water partition coefficient (Wildman–Crippen LogP) is 3.22. The fraction of sp³-hybridized carbons (Fsp3) is 0.667. The minimum Gasteiger partial charge on any atom is -0.497 e. The molecular weight excluding hydrogens is 324 g/mol. The molecule has 0 aromatic heterocycles. The van der Waals surface area contributed by atoms with Gasteiger partial charge in [0.2, 0.25) is 0 Å². The molecule has 3 rings (SSSR count). The molecule has 0 bridgehead atoms. The van der Waals surface area contributed by atoms with Crippen LogP contribution >= 0.6 is 0 Å². The number of likely N-dealkylation sites (tertiary alicyclic amines) is 1. The topological polar surface area (TPSA) is 40.1 Å². The van der Waals surface area contributed by atoms with E-state index in [1.54, 1.807) is 7.11 Å². The van der Waals surface area contributed by atoms with Crippen LogP contribution in [-0.4, -0.2) is 57.2 Å². The molecule has 1 aromatic rings. The maximum Gasteiger partial charge on any atom is 0.193 e. The van der Waals surface area contributed by atoms with E-state index in [0.29, 0.717) is 11.3 Å². The Kier molecular flexibility index (Phi) is 5.94. The van der Waals surface area contributed by atoms with Crippen LogP contribution in [0, 0.1) is 11.3 Å². The first kappa shape index (κ1) is 18.9. The summed E-state index contributed by atoms with van der Waals surface area (Å²) >= 11 is 0. The number of nitrogens with one attached hydrogen (secondary N) is 1. The molecule has 0 spiro atoms. The Hall–Kier alpha value is -1.91. The number of guanidine groups is 1. The normalized spacial score (nSPS) is 22.8. The smallest absolute Gasteiger partial charge is 0.193 e. The summed E-state index contributed by atoms with van der Waals surface area (Å²) in [5, 5.41) is 3.49. The van der Waals surface area contributed by atoms with E-state index in [2.05, 4.69) is 54.1 Å². The second-order valence-corrected chi connectivity index (χ2v) is 8.33. The second-order valence-electron chi connectivity index (χ2n) is 8.33. The van der Waals surface area contributed by atoms with Crippen molar-refractivity contribution in [2.24, 2.45) is 16.3 Å². The van der Waals surface area contributed by atoms with Crippen molar-refractivity contribution in [3.8, 4) is 5.75 Å². The van der Waals surface area contributed by atoms with Gasteiger partial charge in [-0.05, 0) is 43.2 Å². The van der Waals surface area contributed by atoms with Gasteiger partial charge in [0, 0.05) is 51.0 Å². The third-order valence-corrected chi connectivity index (χ3v) is 5.52. The highest BCUT2D eigenvalue weighted by molar-refractivity contribution is 5.80. The molecule has 0 saturated carbocycles. The number of benzene rings is 1. The average molecular weight is 359 g/mol. The van der Waals surface area contributed by atoms with Crippen LogP contribution in [0.25, 0.3) is 0 Å². The van der Waals surface area contributed by atoms with Gasteiger partial charge in [-0.1, -0.05) is 19.9 Å². The lowest BCUT2D eigenvalue weighted by Crippen LogP contribution is -2.41. The van der Waals surface area contributed by atoms with Gasteiger partial charge >= 0.3 is 0 Å². The van der Waals surface area contributed by atoms with Crippen molar-refractivity contribution < 1.29 is 4.74 Å². The molecule has 1 aromatic carbocycles. The van der Waals surface area contributed by atoms with Crippen LogP contribution in [0.4, 0.5) is 5.69 Å². The highest BCUT2D eigenvalue weighted by Crippen LogP contribution is 2.29. The Balaban J connectivity index is 1.59. The molecule has 0 amide bonds. The average Bonchev–Trinajstić information content (AvgIpc) is 3.25. The standard InChI is InChI=1S/C21H34N4O/c1-5-22-20(25-12-10-21(2,3)16-25)23-14-17-9-11-24(15-17)18-7-6-8-19(13-18)26-4/h6-8,13,17H,5,9-12,14-16H2,1-4H3,(H,22,23). The van der Waals surface area contributed by atoms with Crippen LogP contribution in [0.15, 0.2) is 29.3 Å². The third kappa shape index (κ3) is 4.63. The Morgan fingerprint density at radius 2 is 2.19 bits per heavy atom. The molecule has 144 valence electrons. The van der Waals surface area contributed by atoms with Crippen molar-refractivity contribution in [2.45, 2.75) is 33.6 Å². The molecule has 0 radical (unpaired) electrons. The Morgan fingerprint density at radius 3 is 2.88 bits per heavy atom. The first-order chi connectivity index (χ1) is 12.5. The van der Waals surface area contributed by atoms with E-state index < -0.39 is 0 Å². The number of anilines is 1. The van der Waals surface area contributed by atoms with Crippen LogP contribution < -0.4 is 15.0 Å². The zero-order valence-corrected chi connectivity index (χ0v) is 16.8. The summed E-state index contributed by atoms with van der Waals surface area (Å²) < 4.78 is 5.36. The van der Waals surface area contributed by atoms with E-state index in [0.717, 1.165) is 51.0 Å². The monoisotopic (exact) mass is 358 g/mol. The van der Waals surface area contributed by atoms with E-state index in [1.807, 2.05) is 6.07 Å². The summed E-state index contributed by atoms with van der Waals surface area (Å²) in [6.07, 6.45) is 2.44. The molecule has 26 heavy (non-hydrogen) atoms. The maximum atomic E-state index is 5.36. The largest absolute Gasteiger partial charge is 0.497 e. The van der Waals surface area contributed by atoms with Crippen LogP contribution in [0.1, 0.15) is 33.6 Å². The lowest BCUT2D eigenvalue weighted by molar-refractivity contribution is 0.369. The van der Waals surface area contributed by atoms with E-state index in [-0.39, 0.29) is 0 Å². The summed E-state index contributed by atoms with van der Waals surface area (Å²) in [5.74, 6) is 2.64. The minimum atomic E-state index is 0.396. The van der Waals surface area contributed by atoms with Gasteiger partial charge in [-0.2, -0.15) is 0 Å². The summed E-state index contributed by atoms with van der Waals surface area (Å²) in [6, 6.07) is 8.37. The Morgan fingerprint density at radius 1 is 1.35 bits per heavy atom. The van der Waals surface area contributed by atoms with Crippen molar-refractivity contribution >= 4 is 11.6 Å². The van der Waals surface area contributed by atoms with Crippen molar-refractivity contribution in [1.82, 2.24) is 10.2 Å². The summed E-state index contributed by atoms with van der Waals surface area (Å²) in [5.41, 5.74) is 1.65. The number of hydrogen-bond acceptors (Lipinski definition) is 3. The lowest BCUT2D eigenvalue weighted by atomic mass is 9.93. The van der Waals surface area contributed by atoms with E-state index >= 15 is 0 Å². The van der Waals surface area contributed by atoms with Crippen molar-refractivity contribution in [1.29, 1.82) is 0 Å². The van der Waals surface area contributed by atoms with Crippen LogP contribution in [0.5, 0.6) is 5.75 Å². The highest BCUT2D eigenvalue weighted by atomic mass is 16.5. The zero-order valence-electron chi connectivity index (χ0n) is 16.8. The van der Waals surface area contributed by atoms with E-state index in [4.69, 9.17) is 9.73 Å². The van der Waals surface area contributed by atoms with Gasteiger partial charge in [0.1, 0.15) is 5.75 Å². The minimum absolute atomic E-state index is 0.396. The van der Waals surface area contributed by atoms with Gasteiger partial charge in [0.25, 0.3) is 0 Å². The molecular formula is C21H34N4O. The van der Waals surface area contributed by atoms with Gasteiger partial charge in [-0.25, -0.2) is 0 Å². The number of nitrogens with zero attached hydrogens (tertiary/aromatic N) is 3. The summed E-state index contributed by atoms with van der Waals surface area (Å²) in [7, 11) is 1.72. The predicted molar refractivity (Wildman–Crippen MR) is 109 cm³/mol. The quantitative estimate of drug-likeness (QED) is 0.648. The van der Waals surface area contributed by atoms with Gasteiger partial charge in [-0.3, -0.25) is 4.99 Å². The Labute approximate surface area is 158 Å². The Bertz CT molecular complexity index is 628. The molecule has 1 N–H and O–H groups in total. The summed E-state index contributed by atoms with van der Waals surface area (Å²) in [6.45, 7) is 13.0. The SMILES string of the molecule is CCNC(=NCC1CCN(c2cccc(OC)c2)C1)N1CCC(C)(C)C1. The number of aliphatic imine (C=N–C) groups is 1. The molecule has 1 atom stereocenters. The van der Waals surface area contributed by atoms with Crippen molar-refractivity contribution in [3.05, 3.63) is 24.3 Å². The summed E-state index contributed by atoms with van der Waals surface area (Å²) in [4.78, 5) is 9.87. The first-order valence-electron chi connectivity index (χ1n) is 9.93. The molecule has 2 saturated heterocycles. The number of hydrogen-bond donors (Lipinski definition) is 1. The van der Waals surface area contributed by atoms with Crippen molar-refractivity contribution in [2.75, 3.05) is 51.3 Å². The fourth-order valence-corrected chi connectivity index (χ4v) is 3.96. The molecule has 5 heteroatoms. The molecule has 2 aliphatic rings. The highest BCUT2D eigenvalue weighted by Gasteiger charge is 2.31. The molecule has 1 unspecified atom stereocenters. The first-order valence-corrected chi connectivity index (χ1v) is 9.93. The molecule has 2 heterocycles. The number of rotatable bonds is 5. The second kappa shape index (κ2) is 8.19. The van der Waals surface area contributed by atoms with Crippen LogP contribution in [-0.2, 0) is 0 Å². The zero-order chi connectivity index (χ0) is 18.6. The van der Waals surface area contributed by atoms with Gasteiger partial charge < -0.3 is 19.9 Å². The van der Waals surface area contributed by atoms with Gasteiger partial charge in [0.05, 0.1) is 7.11 Å². The van der Waals surface area contributed by atoms with E-state index in [9.17, 15) is 0 Å². The molecule has 0 aliphatic carbocycles. The van der Waals surface area contributed by atoms with Gasteiger partial charge in [-0.15, -0.1) is 0 Å². The maximum absolute atomic E-state index is 5.36. The van der Waals surface area contributed by atoms with E-state index in [1.165, 1.54) is 18.5 Å². The lowest BCUT2D eigenvalue weighted by Gasteiger charge is -2.24. The number of ether oxygens (including phenoxy) is 1.